The Morgan fingerprint density at radius 1 is 1.16 bits per heavy atom. The fourth-order valence-corrected chi connectivity index (χ4v) is 2.92. The Hall–Kier alpha value is -2.18. The minimum absolute atomic E-state index is 0.0345. The third kappa shape index (κ3) is 4.67. The Balaban J connectivity index is 1.61. The molecule has 0 radical (unpaired) electrons. The number of likely N-dealkylation sites (N-methyl/N-ethyl adjacent to an activating group) is 1. The van der Waals surface area contributed by atoms with Crippen LogP contribution in [0.3, 0.4) is 0 Å². The number of carbonyl (C=O) groups is 1. The van der Waals surface area contributed by atoms with E-state index in [9.17, 15) is 4.79 Å². The first kappa shape index (κ1) is 17.6. The monoisotopic (exact) mass is 359 g/mol. The van der Waals surface area contributed by atoms with Gasteiger partial charge in [0, 0.05) is 43.8 Å². The van der Waals surface area contributed by atoms with Crippen LogP contribution in [0.5, 0.6) is 0 Å². The molecule has 0 atom stereocenters. The Morgan fingerprint density at radius 3 is 2.56 bits per heavy atom. The molecule has 1 amide bonds. The molecule has 132 valence electrons. The van der Waals surface area contributed by atoms with Crippen molar-refractivity contribution in [1.82, 2.24) is 19.8 Å². The number of aromatic nitrogens is 2. The van der Waals surface area contributed by atoms with E-state index in [0.717, 1.165) is 38.3 Å². The molecular formula is C18H22ClN5O. The van der Waals surface area contributed by atoms with Crippen LogP contribution in [-0.4, -0.2) is 58.4 Å². The zero-order chi connectivity index (χ0) is 17.6. The first-order valence-electron chi connectivity index (χ1n) is 8.47. The summed E-state index contributed by atoms with van der Waals surface area (Å²) in [5.41, 5.74) is 1.52. The summed E-state index contributed by atoms with van der Waals surface area (Å²) in [5, 5.41) is 3.93. The van der Waals surface area contributed by atoms with Gasteiger partial charge in [0.15, 0.2) is 0 Å². The molecule has 0 aliphatic carbocycles. The average Bonchev–Trinajstić information content (AvgIpc) is 2.67. The number of amides is 1. The zero-order valence-electron chi connectivity index (χ0n) is 14.3. The summed E-state index contributed by atoms with van der Waals surface area (Å²) in [7, 11) is 0. The SMILES string of the molecule is CCN1CCN(C(=O)c2cc(NCc3ccc(Cl)cc3)ncn2)CC1. The molecule has 0 unspecified atom stereocenters. The molecule has 1 fully saturated rings. The summed E-state index contributed by atoms with van der Waals surface area (Å²) in [5.74, 6) is 0.605. The van der Waals surface area contributed by atoms with Gasteiger partial charge >= 0.3 is 0 Å². The summed E-state index contributed by atoms with van der Waals surface area (Å²) < 4.78 is 0. The first-order chi connectivity index (χ1) is 12.2. The number of benzene rings is 1. The van der Waals surface area contributed by atoms with Crippen LogP contribution in [-0.2, 0) is 6.54 Å². The fraction of sp³-hybridized carbons (Fsp3) is 0.389. The highest BCUT2D eigenvalue weighted by atomic mass is 35.5. The molecule has 0 spiro atoms. The van der Waals surface area contributed by atoms with Gasteiger partial charge in [-0.1, -0.05) is 30.7 Å². The van der Waals surface area contributed by atoms with Crippen LogP contribution >= 0.6 is 11.6 Å². The number of nitrogens with zero attached hydrogens (tertiary/aromatic N) is 4. The molecule has 0 saturated carbocycles. The van der Waals surface area contributed by atoms with E-state index in [1.807, 2.05) is 29.2 Å². The van der Waals surface area contributed by atoms with Gasteiger partial charge in [-0.2, -0.15) is 0 Å². The normalized spacial score (nSPS) is 15.2. The van der Waals surface area contributed by atoms with E-state index in [0.29, 0.717) is 23.1 Å². The number of anilines is 1. The van der Waals surface area contributed by atoms with Crippen molar-refractivity contribution >= 4 is 23.3 Å². The molecule has 1 saturated heterocycles. The molecule has 1 aromatic carbocycles. The van der Waals surface area contributed by atoms with Crippen molar-refractivity contribution < 1.29 is 4.79 Å². The lowest BCUT2D eigenvalue weighted by Gasteiger charge is -2.33. The van der Waals surface area contributed by atoms with Gasteiger partial charge in [-0.15, -0.1) is 0 Å². The highest BCUT2D eigenvalue weighted by molar-refractivity contribution is 6.30. The van der Waals surface area contributed by atoms with E-state index in [-0.39, 0.29) is 5.91 Å². The third-order valence-corrected chi connectivity index (χ3v) is 4.63. The van der Waals surface area contributed by atoms with Crippen LogP contribution < -0.4 is 5.32 Å². The van der Waals surface area contributed by atoms with Gasteiger partial charge in [-0.3, -0.25) is 4.79 Å². The number of carbonyl (C=O) groups excluding carboxylic acids is 1. The molecule has 1 aliphatic rings. The quantitative estimate of drug-likeness (QED) is 0.888. The van der Waals surface area contributed by atoms with Crippen molar-refractivity contribution in [2.45, 2.75) is 13.5 Å². The van der Waals surface area contributed by atoms with E-state index in [1.165, 1.54) is 6.33 Å². The summed E-state index contributed by atoms with van der Waals surface area (Å²) in [6.07, 6.45) is 1.43. The van der Waals surface area contributed by atoms with Crippen LogP contribution in [0.15, 0.2) is 36.7 Å². The Bertz CT molecular complexity index is 714. The summed E-state index contributed by atoms with van der Waals surface area (Å²) >= 11 is 5.89. The minimum Gasteiger partial charge on any atom is -0.366 e. The maximum atomic E-state index is 12.6. The third-order valence-electron chi connectivity index (χ3n) is 4.38. The van der Waals surface area contributed by atoms with E-state index >= 15 is 0 Å². The van der Waals surface area contributed by atoms with E-state index in [4.69, 9.17) is 11.6 Å². The second-order valence-electron chi connectivity index (χ2n) is 5.99. The lowest BCUT2D eigenvalue weighted by atomic mass is 10.2. The Labute approximate surface area is 152 Å². The Kier molecular flexibility index (Phi) is 5.83. The molecule has 25 heavy (non-hydrogen) atoms. The van der Waals surface area contributed by atoms with Gasteiger partial charge in [0.1, 0.15) is 17.8 Å². The minimum atomic E-state index is -0.0345. The van der Waals surface area contributed by atoms with E-state index < -0.39 is 0 Å². The van der Waals surface area contributed by atoms with E-state index in [2.05, 4.69) is 27.1 Å². The molecule has 0 bridgehead atoms. The average molecular weight is 360 g/mol. The van der Waals surface area contributed by atoms with Crippen molar-refractivity contribution in [2.24, 2.45) is 0 Å². The fourth-order valence-electron chi connectivity index (χ4n) is 2.80. The number of nitrogens with one attached hydrogen (secondary N) is 1. The highest BCUT2D eigenvalue weighted by Crippen LogP contribution is 2.13. The maximum Gasteiger partial charge on any atom is 0.272 e. The molecular weight excluding hydrogens is 338 g/mol. The predicted molar refractivity (Wildman–Crippen MR) is 98.8 cm³/mol. The van der Waals surface area contributed by atoms with Gasteiger partial charge in [-0.25, -0.2) is 9.97 Å². The van der Waals surface area contributed by atoms with Gasteiger partial charge in [-0.05, 0) is 24.2 Å². The summed E-state index contributed by atoms with van der Waals surface area (Å²) in [6.45, 7) is 7.07. The molecule has 1 aliphatic heterocycles. The number of halogens is 1. The number of hydrogen-bond acceptors (Lipinski definition) is 5. The summed E-state index contributed by atoms with van der Waals surface area (Å²) in [4.78, 5) is 25.2. The molecule has 6 nitrogen and oxygen atoms in total. The largest absolute Gasteiger partial charge is 0.366 e. The predicted octanol–water partition coefficient (Wildman–Crippen LogP) is 2.52. The van der Waals surface area contributed by atoms with Crippen molar-refractivity contribution in [3.8, 4) is 0 Å². The topological polar surface area (TPSA) is 61.4 Å². The molecule has 2 heterocycles. The zero-order valence-corrected chi connectivity index (χ0v) is 15.0. The number of hydrogen-bond donors (Lipinski definition) is 1. The molecule has 7 heteroatoms. The molecule has 1 N–H and O–H groups in total. The van der Waals surface area contributed by atoms with Crippen molar-refractivity contribution in [2.75, 3.05) is 38.0 Å². The second kappa shape index (κ2) is 8.27. The van der Waals surface area contributed by atoms with Crippen molar-refractivity contribution in [3.05, 3.63) is 52.9 Å². The Morgan fingerprint density at radius 2 is 1.88 bits per heavy atom. The van der Waals surface area contributed by atoms with Crippen LogP contribution in [0.4, 0.5) is 5.82 Å². The number of rotatable bonds is 5. The molecule has 3 rings (SSSR count). The van der Waals surface area contributed by atoms with Crippen LogP contribution in [0, 0.1) is 0 Å². The lowest BCUT2D eigenvalue weighted by Crippen LogP contribution is -2.48. The van der Waals surface area contributed by atoms with Crippen LogP contribution in [0.2, 0.25) is 5.02 Å². The van der Waals surface area contributed by atoms with Crippen molar-refractivity contribution in [1.29, 1.82) is 0 Å². The maximum absolute atomic E-state index is 12.6. The van der Waals surface area contributed by atoms with Gasteiger partial charge in [0.2, 0.25) is 0 Å². The van der Waals surface area contributed by atoms with Crippen LogP contribution in [0.25, 0.3) is 0 Å². The van der Waals surface area contributed by atoms with E-state index in [1.54, 1.807) is 6.07 Å². The lowest BCUT2D eigenvalue weighted by molar-refractivity contribution is 0.0637. The second-order valence-corrected chi connectivity index (χ2v) is 6.43. The summed E-state index contributed by atoms with van der Waals surface area (Å²) in [6, 6.07) is 9.32. The van der Waals surface area contributed by atoms with Crippen LogP contribution in [0.1, 0.15) is 23.0 Å². The highest BCUT2D eigenvalue weighted by Gasteiger charge is 2.22. The first-order valence-corrected chi connectivity index (χ1v) is 8.85. The molecule has 2 aromatic rings. The standard InChI is InChI=1S/C18H22ClN5O/c1-2-23-7-9-24(10-8-23)18(25)16-11-17(22-13-21-16)20-12-14-3-5-15(19)6-4-14/h3-6,11,13H,2,7-10,12H2,1H3,(H,20,21,22). The van der Waals surface area contributed by atoms with Crippen molar-refractivity contribution in [3.63, 3.8) is 0 Å². The van der Waals surface area contributed by atoms with Gasteiger partial charge in [0.05, 0.1) is 0 Å². The van der Waals surface area contributed by atoms with Gasteiger partial charge in [0.25, 0.3) is 5.91 Å². The molecule has 1 aromatic heterocycles. The smallest absolute Gasteiger partial charge is 0.272 e. The van der Waals surface area contributed by atoms with Gasteiger partial charge < -0.3 is 15.1 Å². The number of piperazine rings is 1.